The van der Waals surface area contributed by atoms with Gasteiger partial charge < -0.3 is 5.73 Å². The number of hydrogen-bond acceptors (Lipinski definition) is 3. The summed E-state index contributed by atoms with van der Waals surface area (Å²) >= 11 is 11.9. The van der Waals surface area contributed by atoms with Crippen LogP contribution in [-0.2, 0) is 13.6 Å². The molecule has 7 heteroatoms. The van der Waals surface area contributed by atoms with Crippen LogP contribution >= 0.6 is 23.2 Å². The van der Waals surface area contributed by atoms with Gasteiger partial charge in [0, 0.05) is 13.2 Å². The second kappa shape index (κ2) is 3.99. The predicted molar refractivity (Wildman–Crippen MR) is 63.7 cm³/mol. The molecule has 0 saturated carbocycles. The van der Waals surface area contributed by atoms with Crippen molar-refractivity contribution in [2.75, 3.05) is 5.73 Å². The second-order valence-corrected chi connectivity index (χ2v) is 4.31. The van der Waals surface area contributed by atoms with Gasteiger partial charge >= 0.3 is 0 Å². The zero-order valence-electron chi connectivity index (χ0n) is 8.91. The van der Waals surface area contributed by atoms with Crippen LogP contribution in [-0.4, -0.2) is 19.6 Å². The highest BCUT2D eigenvalue weighted by Gasteiger charge is 2.12. The Bertz CT molecular complexity index is 509. The molecule has 2 heterocycles. The minimum atomic E-state index is 0.316. The lowest BCUT2D eigenvalue weighted by atomic mass is 10.3. The molecule has 0 amide bonds. The summed E-state index contributed by atoms with van der Waals surface area (Å²) < 4.78 is 3.36. The van der Waals surface area contributed by atoms with Crippen LogP contribution in [0.1, 0.15) is 11.4 Å². The van der Waals surface area contributed by atoms with E-state index in [9.17, 15) is 0 Å². The molecule has 2 aromatic heterocycles. The van der Waals surface area contributed by atoms with E-state index in [0.29, 0.717) is 22.4 Å². The molecule has 0 radical (unpaired) electrons. The summed E-state index contributed by atoms with van der Waals surface area (Å²) in [6, 6.07) is 0. The summed E-state index contributed by atoms with van der Waals surface area (Å²) in [5, 5.41) is 9.36. The number of aromatic nitrogens is 4. The molecular weight excluding hydrogens is 249 g/mol. The Hall–Kier alpha value is -1.20. The Balaban J connectivity index is 2.33. The van der Waals surface area contributed by atoms with E-state index in [-0.39, 0.29) is 0 Å². The van der Waals surface area contributed by atoms with Crippen LogP contribution in [0, 0.1) is 6.92 Å². The summed E-state index contributed by atoms with van der Waals surface area (Å²) in [5.41, 5.74) is 7.23. The fraction of sp³-hybridized carbons (Fsp3) is 0.333. The van der Waals surface area contributed by atoms with Crippen molar-refractivity contribution >= 4 is 29.0 Å². The Morgan fingerprint density at radius 2 is 2.06 bits per heavy atom. The number of nitrogen functional groups attached to an aromatic ring is 1. The van der Waals surface area contributed by atoms with Crippen molar-refractivity contribution in [3.63, 3.8) is 0 Å². The van der Waals surface area contributed by atoms with Gasteiger partial charge in [-0.2, -0.15) is 10.2 Å². The summed E-state index contributed by atoms with van der Waals surface area (Å²) in [6.07, 6.45) is 1.66. The van der Waals surface area contributed by atoms with Crippen molar-refractivity contribution < 1.29 is 0 Å². The Morgan fingerprint density at radius 3 is 2.50 bits per heavy atom. The average molecular weight is 260 g/mol. The number of anilines is 1. The molecule has 2 aromatic rings. The molecule has 16 heavy (non-hydrogen) atoms. The maximum absolute atomic E-state index is 6.12. The molecule has 0 aliphatic rings. The van der Waals surface area contributed by atoms with E-state index in [1.54, 1.807) is 15.6 Å². The summed E-state index contributed by atoms with van der Waals surface area (Å²) in [7, 11) is 1.84. The highest BCUT2D eigenvalue weighted by molar-refractivity contribution is 6.32. The number of hydrogen-bond donors (Lipinski definition) is 1. The zero-order chi connectivity index (χ0) is 11.9. The molecule has 0 aliphatic carbocycles. The van der Waals surface area contributed by atoms with E-state index in [4.69, 9.17) is 28.9 Å². The minimum Gasteiger partial charge on any atom is -0.381 e. The van der Waals surface area contributed by atoms with Gasteiger partial charge in [-0.05, 0) is 6.92 Å². The lowest BCUT2D eigenvalue weighted by molar-refractivity contribution is 0.620. The first-order valence-electron chi connectivity index (χ1n) is 4.65. The zero-order valence-corrected chi connectivity index (χ0v) is 10.4. The Kier molecular flexibility index (Phi) is 2.82. The molecule has 0 saturated heterocycles. The number of nitrogens with two attached hydrogens (primary N) is 1. The smallest absolute Gasteiger partial charge is 0.164 e. The fourth-order valence-electron chi connectivity index (χ4n) is 1.50. The second-order valence-electron chi connectivity index (χ2n) is 3.53. The molecule has 0 fully saturated rings. The quantitative estimate of drug-likeness (QED) is 0.896. The standard InChI is InChI=1S/C9H11Cl2N5/c1-5-8(11)7(15(2)13-5)4-16-3-6(10)9(12)14-16/h3H,4H2,1-2H3,(H2,12,14). The van der Waals surface area contributed by atoms with Crippen LogP contribution in [0.4, 0.5) is 5.82 Å². The van der Waals surface area contributed by atoms with Crippen molar-refractivity contribution in [1.82, 2.24) is 19.6 Å². The van der Waals surface area contributed by atoms with Gasteiger partial charge in [0.15, 0.2) is 5.82 Å². The van der Waals surface area contributed by atoms with Gasteiger partial charge in [0.1, 0.15) is 5.02 Å². The molecule has 86 valence electrons. The third-order valence-electron chi connectivity index (χ3n) is 2.32. The molecule has 0 atom stereocenters. The fourth-order valence-corrected chi connectivity index (χ4v) is 1.87. The van der Waals surface area contributed by atoms with Crippen LogP contribution in [0.25, 0.3) is 0 Å². The maximum atomic E-state index is 6.12. The van der Waals surface area contributed by atoms with Gasteiger partial charge in [-0.25, -0.2) is 0 Å². The van der Waals surface area contributed by atoms with E-state index in [1.165, 1.54) is 0 Å². The highest BCUT2D eigenvalue weighted by atomic mass is 35.5. The van der Waals surface area contributed by atoms with E-state index >= 15 is 0 Å². The average Bonchev–Trinajstić information content (AvgIpc) is 2.63. The molecule has 5 nitrogen and oxygen atoms in total. The molecule has 2 N–H and O–H groups in total. The number of nitrogens with zero attached hydrogens (tertiary/aromatic N) is 4. The van der Waals surface area contributed by atoms with E-state index in [0.717, 1.165) is 11.4 Å². The number of rotatable bonds is 2. The molecule has 0 unspecified atom stereocenters. The molecule has 0 spiro atoms. The van der Waals surface area contributed by atoms with Crippen LogP contribution in [0.15, 0.2) is 6.20 Å². The third-order valence-corrected chi connectivity index (χ3v) is 3.10. The molecule has 2 rings (SSSR count). The van der Waals surface area contributed by atoms with Crippen molar-refractivity contribution in [2.24, 2.45) is 7.05 Å². The number of halogens is 2. The van der Waals surface area contributed by atoms with Gasteiger partial charge in [0.05, 0.1) is 23.0 Å². The number of aryl methyl sites for hydroxylation is 2. The Labute approximate surface area is 103 Å². The monoisotopic (exact) mass is 259 g/mol. The largest absolute Gasteiger partial charge is 0.381 e. The van der Waals surface area contributed by atoms with Gasteiger partial charge in [-0.15, -0.1) is 0 Å². The van der Waals surface area contributed by atoms with Crippen molar-refractivity contribution in [3.05, 3.63) is 27.6 Å². The van der Waals surface area contributed by atoms with Crippen LogP contribution in [0.5, 0.6) is 0 Å². The van der Waals surface area contributed by atoms with E-state index < -0.39 is 0 Å². The SMILES string of the molecule is Cc1nn(C)c(Cn2cc(Cl)c(N)n2)c1Cl. The van der Waals surface area contributed by atoms with Gasteiger partial charge in [-0.3, -0.25) is 9.36 Å². The lowest BCUT2D eigenvalue weighted by Crippen LogP contribution is -2.06. The van der Waals surface area contributed by atoms with Gasteiger partial charge in [0.25, 0.3) is 0 Å². The van der Waals surface area contributed by atoms with E-state index in [2.05, 4.69) is 10.2 Å². The normalized spacial score (nSPS) is 11.0. The topological polar surface area (TPSA) is 61.7 Å². The summed E-state index contributed by atoms with van der Waals surface area (Å²) in [6.45, 7) is 2.35. The van der Waals surface area contributed by atoms with Crippen LogP contribution < -0.4 is 5.73 Å². The third kappa shape index (κ3) is 1.88. The minimum absolute atomic E-state index is 0.316. The first-order valence-corrected chi connectivity index (χ1v) is 5.41. The molecule has 0 aliphatic heterocycles. The predicted octanol–water partition coefficient (Wildman–Crippen LogP) is 1.86. The molecular formula is C9H11Cl2N5. The summed E-state index contributed by atoms with van der Waals surface area (Å²) in [4.78, 5) is 0. The highest BCUT2D eigenvalue weighted by Crippen LogP contribution is 2.22. The molecule has 0 aromatic carbocycles. The first-order chi connectivity index (χ1) is 7.49. The van der Waals surface area contributed by atoms with E-state index in [1.807, 2.05) is 14.0 Å². The van der Waals surface area contributed by atoms with Crippen molar-refractivity contribution in [3.8, 4) is 0 Å². The summed E-state index contributed by atoms with van der Waals surface area (Å²) in [5.74, 6) is 0.316. The Morgan fingerprint density at radius 1 is 1.38 bits per heavy atom. The van der Waals surface area contributed by atoms with Crippen molar-refractivity contribution in [2.45, 2.75) is 13.5 Å². The maximum Gasteiger partial charge on any atom is 0.164 e. The van der Waals surface area contributed by atoms with Crippen LogP contribution in [0.2, 0.25) is 10.0 Å². The van der Waals surface area contributed by atoms with Gasteiger partial charge in [0.2, 0.25) is 0 Å². The lowest BCUT2D eigenvalue weighted by Gasteiger charge is -2.02. The molecule has 0 bridgehead atoms. The van der Waals surface area contributed by atoms with Crippen molar-refractivity contribution in [1.29, 1.82) is 0 Å². The van der Waals surface area contributed by atoms with Gasteiger partial charge in [-0.1, -0.05) is 23.2 Å². The first kappa shape index (κ1) is 11.3. The van der Waals surface area contributed by atoms with Crippen LogP contribution in [0.3, 0.4) is 0 Å².